The number of piperidine rings is 1. The van der Waals surface area contributed by atoms with Gasteiger partial charge in [-0.15, -0.1) is 24.0 Å². The Bertz CT molecular complexity index is 418. The summed E-state index contributed by atoms with van der Waals surface area (Å²) < 4.78 is 5.16. The van der Waals surface area contributed by atoms with Gasteiger partial charge < -0.3 is 19.9 Å². The van der Waals surface area contributed by atoms with Gasteiger partial charge in [0.15, 0.2) is 5.96 Å². The predicted molar refractivity (Wildman–Crippen MR) is 117 cm³/mol. The monoisotopic (exact) mass is 480 g/mol. The number of aliphatic imine (C=N–C) groups is 1. The number of ether oxygens (including phenoxy) is 1. The Hall–Kier alpha value is -0.570. The highest BCUT2D eigenvalue weighted by atomic mass is 127. The van der Waals surface area contributed by atoms with Crippen LogP contribution in [0.15, 0.2) is 4.99 Å². The average molecular weight is 480 g/mol. The van der Waals surface area contributed by atoms with E-state index in [0.29, 0.717) is 6.61 Å². The second kappa shape index (κ2) is 13.6. The molecule has 152 valence electrons. The number of likely N-dealkylation sites (tertiary alicyclic amines) is 2. The summed E-state index contributed by atoms with van der Waals surface area (Å²) in [7, 11) is 0. The van der Waals surface area contributed by atoms with Crippen molar-refractivity contribution in [2.45, 2.75) is 52.4 Å². The highest BCUT2D eigenvalue weighted by molar-refractivity contribution is 14.0. The maximum Gasteiger partial charge on any atom is 0.309 e. The number of guanidine groups is 1. The van der Waals surface area contributed by atoms with E-state index in [1.807, 2.05) is 6.92 Å². The van der Waals surface area contributed by atoms with Gasteiger partial charge in [0.2, 0.25) is 0 Å². The third-order valence-corrected chi connectivity index (χ3v) is 5.13. The number of esters is 1. The summed E-state index contributed by atoms with van der Waals surface area (Å²) in [5.41, 5.74) is 0. The summed E-state index contributed by atoms with van der Waals surface area (Å²) in [5.74, 6) is 1.01. The van der Waals surface area contributed by atoms with Gasteiger partial charge in [0, 0.05) is 26.2 Å². The van der Waals surface area contributed by atoms with Gasteiger partial charge in [-0.25, -0.2) is 0 Å². The number of rotatable bonds is 6. The molecule has 26 heavy (non-hydrogen) atoms. The van der Waals surface area contributed by atoms with Gasteiger partial charge >= 0.3 is 5.97 Å². The largest absolute Gasteiger partial charge is 0.466 e. The topological polar surface area (TPSA) is 57.2 Å². The number of hydrogen-bond donors (Lipinski definition) is 1. The molecule has 0 radical (unpaired) electrons. The Balaban J connectivity index is 0.00000338. The lowest BCUT2D eigenvalue weighted by atomic mass is 9.97. The average Bonchev–Trinajstić information content (AvgIpc) is 2.90. The standard InChI is InChI=1S/C19H36N4O2.HI/c1-3-20-19(21-11-16-22-12-7-5-6-8-13-22)23-14-9-17(10-15-23)18(24)25-4-2;/h17H,3-16H2,1-2H3,(H,20,21);1H. The number of hydrogen-bond acceptors (Lipinski definition) is 4. The van der Waals surface area contributed by atoms with Crippen molar-refractivity contribution in [1.29, 1.82) is 0 Å². The van der Waals surface area contributed by atoms with E-state index in [1.165, 1.54) is 38.8 Å². The molecule has 0 aliphatic carbocycles. The predicted octanol–water partition coefficient (Wildman–Crippen LogP) is 2.72. The molecule has 0 aromatic rings. The van der Waals surface area contributed by atoms with Crippen LogP contribution < -0.4 is 5.32 Å². The Morgan fingerprint density at radius 1 is 1.08 bits per heavy atom. The fourth-order valence-electron chi connectivity index (χ4n) is 3.67. The lowest BCUT2D eigenvalue weighted by Crippen LogP contribution is -2.47. The first kappa shape index (κ1) is 23.5. The van der Waals surface area contributed by atoms with Crippen LogP contribution in [-0.2, 0) is 9.53 Å². The molecule has 2 aliphatic heterocycles. The van der Waals surface area contributed by atoms with Crippen molar-refractivity contribution >= 4 is 35.9 Å². The van der Waals surface area contributed by atoms with E-state index in [9.17, 15) is 4.79 Å². The summed E-state index contributed by atoms with van der Waals surface area (Å²) in [5, 5.41) is 3.41. The van der Waals surface area contributed by atoms with Gasteiger partial charge in [0.05, 0.1) is 19.1 Å². The van der Waals surface area contributed by atoms with Gasteiger partial charge in [-0.3, -0.25) is 9.79 Å². The van der Waals surface area contributed by atoms with Crippen molar-refractivity contribution in [3.63, 3.8) is 0 Å². The van der Waals surface area contributed by atoms with E-state index in [-0.39, 0.29) is 35.9 Å². The second-order valence-corrected chi connectivity index (χ2v) is 7.00. The zero-order valence-electron chi connectivity index (χ0n) is 16.5. The molecule has 1 N–H and O–H groups in total. The van der Waals surface area contributed by atoms with Crippen LogP contribution in [0.25, 0.3) is 0 Å². The van der Waals surface area contributed by atoms with E-state index in [4.69, 9.17) is 9.73 Å². The van der Waals surface area contributed by atoms with E-state index in [0.717, 1.165) is 51.5 Å². The molecule has 0 spiro atoms. The van der Waals surface area contributed by atoms with Crippen LogP contribution in [0.3, 0.4) is 0 Å². The molecule has 0 unspecified atom stereocenters. The molecule has 0 bridgehead atoms. The quantitative estimate of drug-likeness (QED) is 0.274. The normalized spacial score (nSPS) is 20.2. The summed E-state index contributed by atoms with van der Waals surface area (Å²) >= 11 is 0. The fourth-order valence-corrected chi connectivity index (χ4v) is 3.67. The third kappa shape index (κ3) is 7.98. The molecule has 0 atom stereocenters. The maximum atomic E-state index is 11.9. The Kier molecular flexibility index (Phi) is 12.3. The van der Waals surface area contributed by atoms with Crippen LogP contribution in [-0.4, -0.2) is 74.1 Å². The summed E-state index contributed by atoms with van der Waals surface area (Å²) in [6, 6.07) is 0. The lowest BCUT2D eigenvalue weighted by molar-refractivity contribution is -0.149. The highest BCUT2D eigenvalue weighted by Crippen LogP contribution is 2.18. The molecular weight excluding hydrogens is 443 g/mol. The summed E-state index contributed by atoms with van der Waals surface area (Å²) in [4.78, 5) is 21.6. The Morgan fingerprint density at radius 2 is 1.73 bits per heavy atom. The lowest BCUT2D eigenvalue weighted by Gasteiger charge is -2.33. The zero-order valence-corrected chi connectivity index (χ0v) is 18.9. The minimum atomic E-state index is -0.0368. The molecule has 7 heteroatoms. The third-order valence-electron chi connectivity index (χ3n) is 5.13. The number of carbonyl (C=O) groups is 1. The Morgan fingerprint density at radius 3 is 2.31 bits per heavy atom. The fraction of sp³-hybridized carbons (Fsp3) is 0.895. The van der Waals surface area contributed by atoms with E-state index < -0.39 is 0 Å². The molecule has 2 saturated heterocycles. The molecule has 2 rings (SSSR count). The SMILES string of the molecule is CCNC(=NCCN1CCCCCC1)N1CCC(C(=O)OCC)CC1.I. The van der Waals surface area contributed by atoms with Crippen molar-refractivity contribution in [3.8, 4) is 0 Å². The van der Waals surface area contributed by atoms with Crippen LogP contribution in [0.5, 0.6) is 0 Å². The van der Waals surface area contributed by atoms with Gasteiger partial charge in [-0.1, -0.05) is 12.8 Å². The van der Waals surface area contributed by atoms with E-state index in [2.05, 4.69) is 22.0 Å². The number of nitrogens with one attached hydrogen (secondary N) is 1. The molecular formula is C19H37IN4O2. The molecule has 0 aromatic carbocycles. The minimum absolute atomic E-state index is 0. The minimum Gasteiger partial charge on any atom is -0.466 e. The summed E-state index contributed by atoms with van der Waals surface area (Å²) in [6.07, 6.45) is 7.11. The van der Waals surface area contributed by atoms with E-state index in [1.54, 1.807) is 0 Å². The number of halogens is 1. The van der Waals surface area contributed by atoms with Crippen molar-refractivity contribution < 1.29 is 9.53 Å². The van der Waals surface area contributed by atoms with Gasteiger partial charge in [-0.2, -0.15) is 0 Å². The smallest absolute Gasteiger partial charge is 0.309 e. The van der Waals surface area contributed by atoms with Gasteiger partial charge in [0.25, 0.3) is 0 Å². The van der Waals surface area contributed by atoms with E-state index >= 15 is 0 Å². The van der Waals surface area contributed by atoms with Gasteiger partial charge in [0.1, 0.15) is 0 Å². The number of carbonyl (C=O) groups excluding carboxylic acids is 1. The van der Waals surface area contributed by atoms with Crippen molar-refractivity contribution in [3.05, 3.63) is 0 Å². The van der Waals surface area contributed by atoms with Crippen LogP contribution >= 0.6 is 24.0 Å². The molecule has 2 aliphatic rings. The highest BCUT2D eigenvalue weighted by Gasteiger charge is 2.27. The van der Waals surface area contributed by atoms with Crippen LogP contribution in [0.1, 0.15) is 52.4 Å². The zero-order chi connectivity index (χ0) is 17.9. The molecule has 0 aromatic heterocycles. The van der Waals surface area contributed by atoms with Crippen molar-refractivity contribution in [2.24, 2.45) is 10.9 Å². The molecule has 6 nitrogen and oxygen atoms in total. The first-order valence-electron chi connectivity index (χ1n) is 10.2. The molecule has 2 heterocycles. The van der Waals surface area contributed by atoms with Crippen LogP contribution in [0, 0.1) is 5.92 Å². The first-order chi connectivity index (χ1) is 12.2. The van der Waals surface area contributed by atoms with Crippen molar-refractivity contribution in [2.75, 3.05) is 52.4 Å². The molecule has 0 amide bonds. The second-order valence-electron chi connectivity index (χ2n) is 7.00. The number of nitrogens with zero attached hydrogens (tertiary/aromatic N) is 3. The van der Waals surface area contributed by atoms with Gasteiger partial charge in [-0.05, 0) is 52.6 Å². The summed E-state index contributed by atoms with van der Waals surface area (Å²) in [6.45, 7) is 11.4. The van der Waals surface area contributed by atoms with Crippen molar-refractivity contribution in [1.82, 2.24) is 15.1 Å². The first-order valence-corrected chi connectivity index (χ1v) is 10.2. The molecule has 2 fully saturated rings. The maximum absolute atomic E-state index is 11.9. The Labute approximate surface area is 176 Å². The van der Waals surface area contributed by atoms with Crippen LogP contribution in [0.4, 0.5) is 0 Å². The molecule has 0 saturated carbocycles. The van der Waals surface area contributed by atoms with Crippen LogP contribution in [0.2, 0.25) is 0 Å².